The molecule has 7 heteroatoms. The Balaban J connectivity index is 2.42. The number of benzene rings is 1. The number of anilines is 1. The van der Waals surface area contributed by atoms with Gasteiger partial charge in [-0.15, -0.1) is 0 Å². The lowest BCUT2D eigenvalue weighted by Gasteiger charge is -2.23. The van der Waals surface area contributed by atoms with Crippen LogP contribution in [0.15, 0.2) is 30.6 Å². The fourth-order valence-electron chi connectivity index (χ4n) is 2.24. The fourth-order valence-corrected chi connectivity index (χ4v) is 2.86. The molecular formula is C14H17N3O3S. The molecular weight excluding hydrogens is 290 g/mol. The van der Waals surface area contributed by atoms with Gasteiger partial charge in [0.05, 0.1) is 16.9 Å². The second kappa shape index (κ2) is 6.73. The first kappa shape index (κ1) is 15.5. The molecule has 21 heavy (non-hydrogen) atoms. The third-order valence-electron chi connectivity index (χ3n) is 3.42. The molecule has 0 amide bonds. The standard InChI is InChI=1S/C14H17N3O3S/c1-9(14(8-18)21-2)16-12-3-4-13(17(19)20)11-7-15-6-5-10(11)12/h3-7,9,14,16,18H,8H2,1-2H3/t9-,14-/m1/s1. The van der Waals surface area contributed by atoms with Gasteiger partial charge in [-0.3, -0.25) is 15.1 Å². The molecule has 2 rings (SSSR count). The number of hydrogen-bond donors (Lipinski definition) is 2. The van der Waals surface area contributed by atoms with Crippen LogP contribution in [0.3, 0.4) is 0 Å². The Bertz CT molecular complexity index is 646. The normalized spacial score (nSPS) is 13.9. The number of hydrogen-bond acceptors (Lipinski definition) is 6. The van der Waals surface area contributed by atoms with Crippen LogP contribution in [0.25, 0.3) is 10.8 Å². The van der Waals surface area contributed by atoms with E-state index in [0.29, 0.717) is 5.39 Å². The van der Waals surface area contributed by atoms with Crippen molar-refractivity contribution in [3.8, 4) is 0 Å². The zero-order valence-corrected chi connectivity index (χ0v) is 12.6. The van der Waals surface area contributed by atoms with Crippen molar-refractivity contribution in [3.63, 3.8) is 0 Å². The zero-order chi connectivity index (χ0) is 15.4. The maximum atomic E-state index is 11.1. The maximum absolute atomic E-state index is 11.1. The Morgan fingerprint density at radius 2 is 2.19 bits per heavy atom. The number of aliphatic hydroxyl groups is 1. The second-order valence-electron chi connectivity index (χ2n) is 4.70. The monoisotopic (exact) mass is 307 g/mol. The number of aliphatic hydroxyl groups excluding tert-OH is 1. The van der Waals surface area contributed by atoms with E-state index in [2.05, 4.69) is 10.3 Å². The van der Waals surface area contributed by atoms with Crippen LogP contribution in [-0.4, -0.2) is 39.2 Å². The molecule has 0 fully saturated rings. The smallest absolute Gasteiger partial charge is 0.278 e. The summed E-state index contributed by atoms with van der Waals surface area (Å²) in [6, 6.07) is 4.96. The fraction of sp³-hybridized carbons (Fsp3) is 0.357. The highest BCUT2D eigenvalue weighted by Gasteiger charge is 2.18. The van der Waals surface area contributed by atoms with Crippen LogP contribution in [0.4, 0.5) is 11.4 Å². The zero-order valence-electron chi connectivity index (χ0n) is 11.8. The molecule has 0 saturated heterocycles. The minimum absolute atomic E-state index is 0.0304. The summed E-state index contributed by atoms with van der Waals surface area (Å²) in [6.07, 6.45) is 5.05. The Kier molecular flexibility index (Phi) is 4.98. The van der Waals surface area contributed by atoms with Gasteiger partial charge in [-0.1, -0.05) is 0 Å². The van der Waals surface area contributed by atoms with Crippen molar-refractivity contribution in [2.75, 3.05) is 18.2 Å². The molecule has 1 aromatic heterocycles. The maximum Gasteiger partial charge on any atom is 0.278 e. The first-order valence-electron chi connectivity index (χ1n) is 6.49. The van der Waals surface area contributed by atoms with Crippen LogP contribution in [0.2, 0.25) is 0 Å². The lowest BCUT2D eigenvalue weighted by atomic mass is 10.1. The predicted molar refractivity (Wildman–Crippen MR) is 85.9 cm³/mol. The van der Waals surface area contributed by atoms with Crippen LogP contribution >= 0.6 is 11.8 Å². The average Bonchev–Trinajstić information content (AvgIpc) is 2.48. The largest absolute Gasteiger partial charge is 0.395 e. The SMILES string of the molecule is CS[C@H](CO)[C@@H](C)Nc1ccc([N+](=O)[O-])c2cnccc12. The lowest BCUT2D eigenvalue weighted by Crippen LogP contribution is -2.31. The predicted octanol–water partition coefficient (Wildman–Crippen LogP) is 2.67. The highest BCUT2D eigenvalue weighted by Crippen LogP contribution is 2.31. The first-order valence-corrected chi connectivity index (χ1v) is 7.78. The number of aromatic nitrogens is 1. The topological polar surface area (TPSA) is 88.3 Å². The summed E-state index contributed by atoms with van der Waals surface area (Å²) in [4.78, 5) is 14.6. The number of non-ortho nitro benzene ring substituents is 1. The quantitative estimate of drug-likeness (QED) is 0.630. The van der Waals surface area contributed by atoms with Crippen molar-refractivity contribution in [3.05, 3.63) is 40.7 Å². The summed E-state index contributed by atoms with van der Waals surface area (Å²) in [6.45, 7) is 2.05. The molecule has 112 valence electrons. The van der Waals surface area contributed by atoms with Crippen LogP contribution < -0.4 is 5.32 Å². The van der Waals surface area contributed by atoms with Crippen molar-refractivity contribution >= 4 is 33.9 Å². The molecule has 6 nitrogen and oxygen atoms in total. The summed E-state index contributed by atoms with van der Waals surface area (Å²) in [5.74, 6) is 0. The summed E-state index contributed by atoms with van der Waals surface area (Å²) < 4.78 is 0. The number of rotatable bonds is 6. The van der Waals surface area contributed by atoms with Gasteiger partial charge < -0.3 is 10.4 Å². The van der Waals surface area contributed by atoms with Crippen LogP contribution in [0, 0.1) is 10.1 Å². The first-order chi connectivity index (χ1) is 10.1. The van der Waals surface area contributed by atoms with E-state index in [0.717, 1.165) is 11.1 Å². The average molecular weight is 307 g/mol. The van der Waals surface area contributed by atoms with Gasteiger partial charge in [-0.2, -0.15) is 11.8 Å². The summed E-state index contributed by atoms with van der Waals surface area (Å²) in [5.41, 5.74) is 0.845. The van der Waals surface area contributed by atoms with Crippen molar-refractivity contribution in [1.82, 2.24) is 4.98 Å². The molecule has 2 N–H and O–H groups in total. The van der Waals surface area contributed by atoms with E-state index < -0.39 is 4.92 Å². The molecule has 0 bridgehead atoms. The van der Waals surface area contributed by atoms with Crippen LogP contribution in [0.1, 0.15) is 6.92 Å². The van der Waals surface area contributed by atoms with Gasteiger partial charge in [0.2, 0.25) is 0 Å². The van der Waals surface area contributed by atoms with Gasteiger partial charge >= 0.3 is 0 Å². The minimum atomic E-state index is -0.407. The van der Waals surface area contributed by atoms with E-state index in [1.807, 2.05) is 13.2 Å². The van der Waals surface area contributed by atoms with Crippen molar-refractivity contribution in [2.24, 2.45) is 0 Å². The number of nitrogens with one attached hydrogen (secondary N) is 1. The van der Waals surface area contributed by atoms with E-state index in [-0.39, 0.29) is 23.6 Å². The molecule has 0 aliphatic rings. The van der Waals surface area contributed by atoms with Gasteiger partial charge in [0.25, 0.3) is 5.69 Å². The molecule has 1 aromatic carbocycles. The van der Waals surface area contributed by atoms with Crippen LogP contribution in [-0.2, 0) is 0 Å². The molecule has 0 unspecified atom stereocenters. The molecule has 1 heterocycles. The van der Waals surface area contributed by atoms with E-state index in [1.54, 1.807) is 30.1 Å². The van der Waals surface area contributed by atoms with Crippen molar-refractivity contribution in [1.29, 1.82) is 0 Å². The lowest BCUT2D eigenvalue weighted by molar-refractivity contribution is -0.383. The highest BCUT2D eigenvalue weighted by molar-refractivity contribution is 7.99. The van der Waals surface area contributed by atoms with Gasteiger partial charge in [-0.05, 0) is 25.3 Å². The summed E-state index contributed by atoms with van der Waals surface area (Å²) in [7, 11) is 0. The van der Waals surface area contributed by atoms with E-state index in [1.165, 1.54) is 12.3 Å². The molecule has 0 spiro atoms. The Labute approximate surface area is 126 Å². The number of nitro groups is 1. The van der Waals surface area contributed by atoms with Crippen molar-refractivity contribution < 1.29 is 10.0 Å². The van der Waals surface area contributed by atoms with Gasteiger partial charge in [-0.25, -0.2) is 0 Å². The number of nitrogens with zero attached hydrogens (tertiary/aromatic N) is 2. The van der Waals surface area contributed by atoms with Gasteiger partial charge in [0.15, 0.2) is 0 Å². The number of thioether (sulfide) groups is 1. The molecule has 0 radical (unpaired) electrons. The second-order valence-corrected chi connectivity index (χ2v) is 5.78. The number of pyridine rings is 1. The Morgan fingerprint density at radius 3 is 2.81 bits per heavy atom. The minimum Gasteiger partial charge on any atom is -0.395 e. The van der Waals surface area contributed by atoms with E-state index in [4.69, 9.17) is 0 Å². The summed E-state index contributed by atoms with van der Waals surface area (Å²) >= 11 is 1.58. The molecule has 0 aliphatic heterocycles. The Hall–Kier alpha value is -1.86. The molecule has 2 aromatic rings. The van der Waals surface area contributed by atoms with E-state index in [9.17, 15) is 15.2 Å². The van der Waals surface area contributed by atoms with Crippen molar-refractivity contribution in [2.45, 2.75) is 18.2 Å². The highest BCUT2D eigenvalue weighted by atomic mass is 32.2. The number of nitro benzene ring substituents is 1. The third kappa shape index (κ3) is 3.25. The molecule has 2 atom stereocenters. The molecule has 0 saturated carbocycles. The van der Waals surface area contributed by atoms with Gasteiger partial charge in [0.1, 0.15) is 0 Å². The number of fused-ring (bicyclic) bond motifs is 1. The molecule has 0 aliphatic carbocycles. The van der Waals surface area contributed by atoms with Gasteiger partial charge in [0, 0.05) is 40.8 Å². The summed E-state index contributed by atoms with van der Waals surface area (Å²) in [5, 5.41) is 25.0. The third-order valence-corrected chi connectivity index (χ3v) is 4.58. The van der Waals surface area contributed by atoms with Crippen LogP contribution in [0.5, 0.6) is 0 Å². The Morgan fingerprint density at radius 1 is 1.43 bits per heavy atom. The van der Waals surface area contributed by atoms with E-state index >= 15 is 0 Å².